The molecule has 0 heterocycles. The molecule has 0 rings (SSSR count). The first-order chi connectivity index (χ1) is 4.09. The number of ether oxygens (including phenoxy) is 1. The summed E-state index contributed by atoms with van der Waals surface area (Å²) >= 11 is 0. The quantitative estimate of drug-likeness (QED) is 0.510. The van der Waals surface area contributed by atoms with E-state index in [0.717, 1.165) is 0 Å². The first kappa shape index (κ1) is 8.49. The number of hydrogen-bond donors (Lipinski definition) is 0. The summed E-state index contributed by atoms with van der Waals surface area (Å²) in [7, 11) is 2.18. The number of hydrogen-bond acceptors (Lipinski definition) is 2. The van der Waals surface area contributed by atoms with E-state index in [4.69, 9.17) is 0 Å². The molecule has 0 radical (unpaired) electrons. The maximum Gasteiger partial charge on any atom is 0.400 e. The van der Waals surface area contributed by atoms with Gasteiger partial charge in [-0.1, -0.05) is 13.1 Å². The van der Waals surface area contributed by atoms with Gasteiger partial charge in [-0.25, -0.2) is 4.79 Å². The maximum absolute atomic E-state index is 10.7. The zero-order valence-electron chi connectivity index (χ0n) is 6.34. The van der Waals surface area contributed by atoms with Gasteiger partial charge in [-0.2, -0.15) is 0 Å². The van der Waals surface area contributed by atoms with Crippen LogP contribution in [-0.4, -0.2) is 33.8 Å². The Morgan fingerprint density at radius 2 is 2.00 bits per heavy atom. The average molecular weight is 147 g/mol. The van der Waals surface area contributed by atoms with Gasteiger partial charge in [0.25, 0.3) is 0 Å². The number of carbonyl (C=O) groups is 1. The Bertz CT molecular complexity index is 105. The second kappa shape index (κ2) is 3.50. The Labute approximate surface area is 57.3 Å². The molecule has 0 fully saturated rings. The van der Waals surface area contributed by atoms with Crippen LogP contribution in [0.5, 0.6) is 0 Å². The van der Waals surface area contributed by atoms with Gasteiger partial charge >= 0.3 is 6.09 Å². The highest BCUT2D eigenvalue weighted by atomic mass is 28.3. The predicted octanol–water partition coefficient (Wildman–Crippen LogP) is 0.668. The van der Waals surface area contributed by atoms with E-state index in [1.54, 1.807) is 11.6 Å². The highest BCUT2D eigenvalue weighted by Gasteiger charge is 2.11. The molecule has 0 aromatic rings. The molecular formula is C5H13NO2Si. The summed E-state index contributed by atoms with van der Waals surface area (Å²) in [6, 6.07) is 0. The third kappa shape index (κ3) is 2.50. The lowest BCUT2D eigenvalue weighted by molar-refractivity contribution is 0.154. The minimum Gasteiger partial charge on any atom is -0.453 e. The summed E-state index contributed by atoms with van der Waals surface area (Å²) in [4.78, 5) is 10.7. The molecule has 0 spiro atoms. The van der Waals surface area contributed by atoms with Gasteiger partial charge in [0.15, 0.2) is 0 Å². The maximum atomic E-state index is 10.7. The van der Waals surface area contributed by atoms with Gasteiger partial charge in [0.1, 0.15) is 8.96 Å². The molecule has 0 aliphatic heterocycles. The molecule has 4 heteroatoms. The third-order valence-corrected chi connectivity index (χ3v) is 3.00. The van der Waals surface area contributed by atoms with Gasteiger partial charge < -0.3 is 9.30 Å². The topological polar surface area (TPSA) is 29.5 Å². The first-order valence-corrected chi connectivity index (χ1v) is 5.73. The van der Waals surface area contributed by atoms with E-state index in [0.29, 0.717) is 0 Å². The fraction of sp³-hybridized carbons (Fsp3) is 0.800. The Morgan fingerprint density at radius 3 is 2.11 bits per heavy atom. The van der Waals surface area contributed by atoms with Gasteiger partial charge in [-0.15, -0.1) is 0 Å². The highest BCUT2D eigenvalue weighted by Crippen LogP contribution is 1.91. The molecular weight excluding hydrogens is 134 g/mol. The van der Waals surface area contributed by atoms with Crippen LogP contribution in [0.2, 0.25) is 13.1 Å². The van der Waals surface area contributed by atoms with Crippen LogP contribution in [0.25, 0.3) is 0 Å². The predicted molar refractivity (Wildman–Crippen MR) is 39.0 cm³/mol. The number of amides is 1. The van der Waals surface area contributed by atoms with E-state index in [9.17, 15) is 4.79 Å². The molecule has 54 valence electrons. The Morgan fingerprint density at radius 1 is 1.56 bits per heavy atom. The summed E-state index contributed by atoms with van der Waals surface area (Å²) in [6.45, 7) is 4.13. The minimum absolute atomic E-state index is 0.225. The van der Waals surface area contributed by atoms with Crippen molar-refractivity contribution in [1.29, 1.82) is 0 Å². The number of methoxy groups -OCH3 is 1. The van der Waals surface area contributed by atoms with Gasteiger partial charge in [0.05, 0.1) is 7.11 Å². The van der Waals surface area contributed by atoms with Crippen molar-refractivity contribution in [1.82, 2.24) is 4.57 Å². The van der Waals surface area contributed by atoms with Crippen LogP contribution in [0, 0.1) is 0 Å². The summed E-state index contributed by atoms with van der Waals surface area (Å²) in [5, 5.41) is 0. The Balaban J connectivity index is 3.72. The van der Waals surface area contributed by atoms with Crippen LogP contribution < -0.4 is 0 Å². The van der Waals surface area contributed by atoms with E-state index in [1.807, 2.05) is 0 Å². The number of carbonyl (C=O) groups excluding carboxylic acids is 1. The molecule has 0 saturated carbocycles. The fourth-order valence-electron chi connectivity index (χ4n) is 0.355. The number of nitrogens with zero attached hydrogens (tertiary/aromatic N) is 1. The average Bonchev–Trinajstić information content (AvgIpc) is 1.84. The second-order valence-electron chi connectivity index (χ2n) is 2.17. The summed E-state index contributed by atoms with van der Waals surface area (Å²) < 4.78 is 6.16. The molecule has 3 nitrogen and oxygen atoms in total. The molecule has 9 heavy (non-hydrogen) atoms. The van der Waals surface area contributed by atoms with E-state index in [-0.39, 0.29) is 6.09 Å². The van der Waals surface area contributed by atoms with Crippen LogP contribution in [-0.2, 0) is 4.74 Å². The van der Waals surface area contributed by atoms with Crippen molar-refractivity contribution < 1.29 is 9.53 Å². The SMILES string of the molecule is COC(=O)N(C)[SiH](C)C. The normalized spacial score (nSPS) is 9.44. The van der Waals surface area contributed by atoms with Gasteiger partial charge in [0.2, 0.25) is 0 Å². The molecule has 0 aromatic carbocycles. The standard InChI is InChI=1S/C5H13NO2Si/c1-6(9(3)4)5(7)8-2/h9H,1-4H3. The van der Waals surface area contributed by atoms with Crippen molar-refractivity contribution in [3.8, 4) is 0 Å². The molecule has 0 aromatic heterocycles. The summed E-state index contributed by atoms with van der Waals surface area (Å²) in [6.07, 6.45) is -0.225. The number of rotatable bonds is 1. The zero-order valence-corrected chi connectivity index (χ0v) is 7.50. The van der Waals surface area contributed by atoms with Crippen molar-refractivity contribution >= 4 is 15.1 Å². The monoisotopic (exact) mass is 147 g/mol. The lowest BCUT2D eigenvalue weighted by Crippen LogP contribution is -2.36. The molecule has 0 aliphatic carbocycles. The van der Waals surface area contributed by atoms with Crippen LogP contribution in [0.15, 0.2) is 0 Å². The van der Waals surface area contributed by atoms with E-state index < -0.39 is 8.96 Å². The fourth-order valence-corrected chi connectivity index (χ4v) is 0.882. The zero-order chi connectivity index (χ0) is 7.44. The molecule has 0 bridgehead atoms. The molecule has 0 unspecified atom stereocenters. The van der Waals surface area contributed by atoms with E-state index >= 15 is 0 Å². The van der Waals surface area contributed by atoms with Crippen LogP contribution >= 0.6 is 0 Å². The van der Waals surface area contributed by atoms with Crippen molar-refractivity contribution in [2.24, 2.45) is 0 Å². The van der Waals surface area contributed by atoms with Crippen LogP contribution in [0.4, 0.5) is 4.79 Å². The smallest absolute Gasteiger partial charge is 0.400 e. The van der Waals surface area contributed by atoms with Crippen molar-refractivity contribution in [3.63, 3.8) is 0 Å². The summed E-state index contributed by atoms with van der Waals surface area (Å²) in [5.41, 5.74) is 0. The Hall–Kier alpha value is -0.513. The van der Waals surface area contributed by atoms with E-state index in [2.05, 4.69) is 17.8 Å². The molecule has 1 amide bonds. The minimum atomic E-state index is -0.981. The largest absolute Gasteiger partial charge is 0.453 e. The van der Waals surface area contributed by atoms with Gasteiger partial charge in [-0.3, -0.25) is 0 Å². The molecule has 0 atom stereocenters. The molecule has 0 aliphatic rings. The highest BCUT2D eigenvalue weighted by molar-refractivity contribution is 6.55. The molecule has 0 N–H and O–H groups in total. The van der Waals surface area contributed by atoms with E-state index in [1.165, 1.54) is 7.11 Å². The van der Waals surface area contributed by atoms with Gasteiger partial charge in [-0.05, 0) is 0 Å². The second-order valence-corrected chi connectivity index (χ2v) is 5.14. The lowest BCUT2D eigenvalue weighted by Gasteiger charge is -2.18. The van der Waals surface area contributed by atoms with Crippen LogP contribution in [0.3, 0.4) is 0 Å². The first-order valence-electron chi connectivity index (χ1n) is 2.90. The lowest BCUT2D eigenvalue weighted by atomic mass is 11.1. The summed E-state index contributed by atoms with van der Waals surface area (Å²) in [5.74, 6) is 0. The van der Waals surface area contributed by atoms with Gasteiger partial charge in [0, 0.05) is 7.05 Å². The van der Waals surface area contributed by atoms with Crippen molar-refractivity contribution in [2.45, 2.75) is 13.1 Å². The Kier molecular flexibility index (Phi) is 3.30. The van der Waals surface area contributed by atoms with Crippen molar-refractivity contribution in [2.75, 3.05) is 14.2 Å². The van der Waals surface area contributed by atoms with Crippen LogP contribution in [0.1, 0.15) is 0 Å². The third-order valence-electron chi connectivity index (χ3n) is 1.24. The molecule has 0 saturated heterocycles. The van der Waals surface area contributed by atoms with Crippen molar-refractivity contribution in [3.05, 3.63) is 0 Å².